The maximum atomic E-state index is 5.59. The van der Waals surface area contributed by atoms with Crippen LogP contribution < -0.4 is 5.73 Å². The van der Waals surface area contributed by atoms with Gasteiger partial charge in [-0.25, -0.2) is 0 Å². The molecule has 1 aliphatic rings. The zero-order valence-electron chi connectivity index (χ0n) is 6.77. The summed E-state index contributed by atoms with van der Waals surface area (Å²) in [6, 6.07) is 0.363. The fourth-order valence-corrected chi connectivity index (χ4v) is 1.19. The van der Waals surface area contributed by atoms with Gasteiger partial charge >= 0.3 is 0 Å². The molecule has 2 N–H and O–H groups in total. The van der Waals surface area contributed by atoms with Crippen molar-refractivity contribution in [2.75, 3.05) is 0 Å². The van der Waals surface area contributed by atoms with E-state index in [0.717, 1.165) is 0 Å². The molecule has 0 bridgehead atoms. The fraction of sp³-hybridized carbons (Fsp3) is 0.778. The second kappa shape index (κ2) is 3.77. The van der Waals surface area contributed by atoms with E-state index < -0.39 is 0 Å². The van der Waals surface area contributed by atoms with Crippen molar-refractivity contribution in [2.24, 2.45) is 5.73 Å². The Kier molecular flexibility index (Phi) is 2.94. The van der Waals surface area contributed by atoms with E-state index in [1.54, 1.807) is 0 Å². The molecule has 0 radical (unpaired) electrons. The van der Waals surface area contributed by atoms with Gasteiger partial charge in [0.05, 0.1) is 0 Å². The standard InChI is InChI=1S/C9H17N/c1-2-3-4-5-6-8-7-9(8)10/h7,9H,2-6,10H2,1H3. The van der Waals surface area contributed by atoms with E-state index in [2.05, 4.69) is 13.0 Å². The zero-order chi connectivity index (χ0) is 7.40. The molecule has 0 fully saturated rings. The molecule has 1 rings (SSSR count). The van der Waals surface area contributed by atoms with Gasteiger partial charge in [0, 0.05) is 6.04 Å². The van der Waals surface area contributed by atoms with E-state index in [-0.39, 0.29) is 0 Å². The number of unbranched alkanes of at least 4 members (excludes halogenated alkanes) is 3. The Morgan fingerprint density at radius 1 is 1.40 bits per heavy atom. The van der Waals surface area contributed by atoms with E-state index in [1.807, 2.05) is 0 Å². The largest absolute Gasteiger partial charge is 0.321 e. The van der Waals surface area contributed by atoms with E-state index in [1.165, 1.54) is 37.7 Å². The lowest BCUT2D eigenvalue weighted by Gasteiger charge is -1.95. The Morgan fingerprint density at radius 2 is 2.10 bits per heavy atom. The van der Waals surface area contributed by atoms with Crippen molar-refractivity contribution in [3.05, 3.63) is 11.6 Å². The third-order valence-corrected chi connectivity index (χ3v) is 2.03. The van der Waals surface area contributed by atoms with Gasteiger partial charge < -0.3 is 5.73 Å². The summed E-state index contributed by atoms with van der Waals surface area (Å²) in [4.78, 5) is 0. The van der Waals surface area contributed by atoms with Crippen LogP contribution in [-0.2, 0) is 0 Å². The van der Waals surface area contributed by atoms with Gasteiger partial charge in [-0.05, 0) is 12.8 Å². The normalized spacial score (nSPS) is 22.6. The molecule has 58 valence electrons. The van der Waals surface area contributed by atoms with Gasteiger partial charge in [-0.1, -0.05) is 37.8 Å². The van der Waals surface area contributed by atoms with Crippen molar-refractivity contribution >= 4 is 0 Å². The van der Waals surface area contributed by atoms with Crippen LogP contribution in [0.5, 0.6) is 0 Å². The summed E-state index contributed by atoms with van der Waals surface area (Å²) in [5, 5.41) is 0. The molecule has 0 aliphatic heterocycles. The maximum absolute atomic E-state index is 5.59. The molecule has 0 aromatic carbocycles. The topological polar surface area (TPSA) is 26.0 Å². The highest BCUT2D eigenvalue weighted by atomic mass is 14.7. The number of nitrogens with two attached hydrogens (primary N) is 1. The quantitative estimate of drug-likeness (QED) is 0.458. The molecule has 0 aromatic rings. The van der Waals surface area contributed by atoms with Crippen molar-refractivity contribution in [1.29, 1.82) is 0 Å². The van der Waals surface area contributed by atoms with Crippen LogP contribution >= 0.6 is 0 Å². The molecule has 1 nitrogen and oxygen atoms in total. The van der Waals surface area contributed by atoms with E-state index in [9.17, 15) is 0 Å². The van der Waals surface area contributed by atoms with Crippen LogP contribution in [0, 0.1) is 0 Å². The Labute approximate surface area is 63.3 Å². The van der Waals surface area contributed by atoms with Crippen molar-refractivity contribution in [1.82, 2.24) is 0 Å². The van der Waals surface area contributed by atoms with Gasteiger partial charge in [-0.2, -0.15) is 0 Å². The average molecular weight is 139 g/mol. The Balaban J connectivity index is 1.83. The van der Waals surface area contributed by atoms with Gasteiger partial charge in [0.2, 0.25) is 0 Å². The van der Waals surface area contributed by atoms with Crippen LogP contribution in [0.1, 0.15) is 39.0 Å². The second-order valence-corrected chi connectivity index (χ2v) is 3.08. The Bertz CT molecular complexity index is 127. The summed E-state index contributed by atoms with van der Waals surface area (Å²) in [7, 11) is 0. The molecule has 0 amide bonds. The lowest BCUT2D eigenvalue weighted by molar-refractivity contribution is 0.665. The van der Waals surface area contributed by atoms with Crippen LogP contribution in [0.15, 0.2) is 11.6 Å². The van der Waals surface area contributed by atoms with E-state index in [0.29, 0.717) is 6.04 Å². The molecule has 0 spiro atoms. The minimum atomic E-state index is 0.363. The zero-order valence-corrected chi connectivity index (χ0v) is 6.77. The average Bonchev–Trinajstić information content (AvgIpc) is 2.60. The molecule has 1 heteroatoms. The van der Waals surface area contributed by atoms with Crippen molar-refractivity contribution in [2.45, 2.75) is 45.1 Å². The van der Waals surface area contributed by atoms with E-state index in [4.69, 9.17) is 5.73 Å². The SMILES string of the molecule is CCCCCCC1=CC1N. The van der Waals surface area contributed by atoms with Gasteiger partial charge in [0.25, 0.3) is 0 Å². The van der Waals surface area contributed by atoms with Crippen molar-refractivity contribution < 1.29 is 0 Å². The van der Waals surface area contributed by atoms with Gasteiger partial charge in [0.1, 0.15) is 0 Å². The summed E-state index contributed by atoms with van der Waals surface area (Å²) >= 11 is 0. The highest BCUT2D eigenvalue weighted by Crippen LogP contribution is 2.23. The third kappa shape index (κ3) is 2.53. The monoisotopic (exact) mass is 139 g/mol. The molecular formula is C9H17N. The third-order valence-electron chi connectivity index (χ3n) is 2.03. The predicted octanol–water partition coefficient (Wildman–Crippen LogP) is 2.22. The second-order valence-electron chi connectivity index (χ2n) is 3.08. The van der Waals surface area contributed by atoms with Crippen LogP contribution in [0.25, 0.3) is 0 Å². The Morgan fingerprint density at radius 3 is 2.60 bits per heavy atom. The molecule has 1 atom stereocenters. The van der Waals surface area contributed by atoms with Crippen LogP contribution in [0.2, 0.25) is 0 Å². The van der Waals surface area contributed by atoms with Crippen LogP contribution in [-0.4, -0.2) is 6.04 Å². The molecule has 1 unspecified atom stereocenters. The molecule has 1 aliphatic carbocycles. The molecule has 0 aromatic heterocycles. The predicted molar refractivity (Wildman–Crippen MR) is 44.8 cm³/mol. The van der Waals surface area contributed by atoms with Gasteiger partial charge in [-0.15, -0.1) is 0 Å². The lowest BCUT2D eigenvalue weighted by Crippen LogP contribution is -2.02. The van der Waals surface area contributed by atoms with Gasteiger partial charge in [0.15, 0.2) is 0 Å². The first-order valence-corrected chi connectivity index (χ1v) is 4.30. The minimum Gasteiger partial charge on any atom is -0.321 e. The molecular weight excluding hydrogens is 122 g/mol. The fourth-order valence-electron chi connectivity index (χ4n) is 1.19. The van der Waals surface area contributed by atoms with Crippen molar-refractivity contribution in [3.63, 3.8) is 0 Å². The van der Waals surface area contributed by atoms with E-state index >= 15 is 0 Å². The molecule has 0 saturated heterocycles. The summed E-state index contributed by atoms with van der Waals surface area (Å²) in [6.45, 7) is 2.24. The highest BCUT2D eigenvalue weighted by Gasteiger charge is 2.17. The lowest BCUT2D eigenvalue weighted by atomic mass is 10.1. The number of hydrogen-bond donors (Lipinski definition) is 1. The first-order valence-electron chi connectivity index (χ1n) is 4.30. The smallest absolute Gasteiger partial charge is 0.0444 e. The molecule has 0 saturated carbocycles. The minimum absolute atomic E-state index is 0.363. The summed E-state index contributed by atoms with van der Waals surface area (Å²) < 4.78 is 0. The summed E-state index contributed by atoms with van der Waals surface area (Å²) in [6.07, 6.45) is 8.83. The highest BCUT2D eigenvalue weighted by molar-refractivity contribution is 5.33. The number of hydrogen-bond acceptors (Lipinski definition) is 1. The molecule has 10 heavy (non-hydrogen) atoms. The summed E-state index contributed by atoms with van der Waals surface area (Å²) in [5.74, 6) is 0. The van der Waals surface area contributed by atoms with Gasteiger partial charge in [-0.3, -0.25) is 0 Å². The van der Waals surface area contributed by atoms with Crippen LogP contribution in [0.4, 0.5) is 0 Å². The Hall–Kier alpha value is -0.300. The van der Waals surface area contributed by atoms with Crippen molar-refractivity contribution in [3.8, 4) is 0 Å². The first-order chi connectivity index (χ1) is 4.84. The maximum Gasteiger partial charge on any atom is 0.0444 e. The molecule has 0 heterocycles. The summed E-state index contributed by atoms with van der Waals surface area (Å²) in [5.41, 5.74) is 7.07. The number of rotatable bonds is 5. The van der Waals surface area contributed by atoms with Crippen LogP contribution in [0.3, 0.4) is 0 Å². The first kappa shape index (κ1) is 7.80.